The second kappa shape index (κ2) is 8.15. The maximum atomic E-state index is 12.3. The van der Waals surface area contributed by atoms with Crippen LogP contribution >= 0.6 is 35.0 Å². The van der Waals surface area contributed by atoms with Gasteiger partial charge in [0.15, 0.2) is 5.16 Å². The highest BCUT2D eigenvalue weighted by molar-refractivity contribution is 7.99. The van der Waals surface area contributed by atoms with Crippen molar-refractivity contribution in [3.8, 4) is 0 Å². The third-order valence-electron chi connectivity index (χ3n) is 4.75. The quantitative estimate of drug-likeness (QED) is 0.548. The molecule has 144 valence electrons. The predicted molar refractivity (Wildman–Crippen MR) is 113 cm³/mol. The standard InChI is InChI=1S/C20H18Cl2N4OS/c1-26-19(15-10-14(15)12-5-3-2-4-6-12)24-25-20(26)28-11-18(27)23-17-9-13(21)7-8-16(17)22/h2-9,14-15H,10-11H2,1H3,(H,23,27). The number of nitrogens with zero attached hydrogens (tertiary/aromatic N) is 3. The minimum absolute atomic E-state index is 0.174. The van der Waals surface area contributed by atoms with E-state index in [1.54, 1.807) is 18.2 Å². The SMILES string of the molecule is Cn1c(SCC(=O)Nc2cc(Cl)ccc2Cl)nnc1C1CC1c1ccccc1. The summed E-state index contributed by atoms with van der Waals surface area (Å²) in [5, 5.41) is 13.1. The van der Waals surface area contributed by atoms with Gasteiger partial charge in [0.05, 0.1) is 16.5 Å². The lowest BCUT2D eigenvalue weighted by molar-refractivity contribution is -0.113. The summed E-state index contributed by atoms with van der Waals surface area (Å²) in [5.74, 6) is 1.88. The summed E-state index contributed by atoms with van der Waals surface area (Å²) < 4.78 is 1.98. The first-order valence-corrected chi connectivity index (χ1v) is 10.6. The van der Waals surface area contributed by atoms with Gasteiger partial charge in [-0.25, -0.2) is 0 Å². The highest BCUT2D eigenvalue weighted by Crippen LogP contribution is 2.54. The van der Waals surface area contributed by atoms with Gasteiger partial charge < -0.3 is 9.88 Å². The summed E-state index contributed by atoms with van der Waals surface area (Å²) in [6.45, 7) is 0. The minimum Gasteiger partial charge on any atom is -0.324 e. The van der Waals surface area contributed by atoms with Gasteiger partial charge in [0.25, 0.3) is 0 Å². The molecule has 4 rings (SSSR count). The van der Waals surface area contributed by atoms with E-state index in [1.807, 2.05) is 17.7 Å². The van der Waals surface area contributed by atoms with E-state index in [4.69, 9.17) is 23.2 Å². The lowest BCUT2D eigenvalue weighted by atomic mass is 10.1. The second-order valence-electron chi connectivity index (χ2n) is 6.72. The number of hydrogen-bond acceptors (Lipinski definition) is 4. The number of carbonyl (C=O) groups is 1. The predicted octanol–water partition coefficient (Wildman–Crippen LogP) is 5.12. The minimum atomic E-state index is -0.174. The van der Waals surface area contributed by atoms with Gasteiger partial charge in [-0.1, -0.05) is 65.3 Å². The number of anilines is 1. The normalized spacial score (nSPS) is 18.1. The Kier molecular flexibility index (Phi) is 5.62. The summed E-state index contributed by atoms with van der Waals surface area (Å²) >= 11 is 13.4. The number of aromatic nitrogens is 3. The molecule has 0 bridgehead atoms. The third-order valence-corrected chi connectivity index (χ3v) is 6.34. The number of hydrogen-bond donors (Lipinski definition) is 1. The molecule has 2 atom stereocenters. The first-order valence-electron chi connectivity index (χ1n) is 8.85. The molecule has 1 aromatic heterocycles. The smallest absolute Gasteiger partial charge is 0.234 e. The van der Waals surface area contributed by atoms with Crippen LogP contribution in [0.3, 0.4) is 0 Å². The lowest BCUT2D eigenvalue weighted by Gasteiger charge is -2.07. The van der Waals surface area contributed by atoms with Crippen LogP contribution in [0.2, 0.25) is 10.0 Å². The van der Waals surface area contributed by atoms with Gasteiger partial charge in [-0.15, -0.1) is 10.2 Å². The molecule has 1 N–H and O–H groups in total. The fourth-order valence-corrected chi connectivity index (χ4v) is 4.29. The zero-order valence-electron chi connectivity index (χ0n) is 15.1. The summed E-state index contributed by atoms with van der Waals surface area (Å²) in [6.07, 6.45) is 1.08. The molecule has 0 radical (unpaired) electrons. The maximum Gasteiger partial charge on any atom is 0.234 e. The fourth-order valence-electron chi connectivity index (χ4n) is 3.23. The van der Waals surface area contributed by atoms with Crippen molar-refractivity contribution in [3.05, 3.63) is 70.0 Å². The number of rotatable bonds is 6. The van der Waals surface area contributed by atoms with Gasteiger partial charge in [0.1, 0.15) is 5.82 Å². The average Bonchev–Trinajstić information content (AvgIpc) is 3.40. The molecule has 28 heavy (non-hydrogen) atoms. The number of benzene rings is 2. The summed E-state index contributed by atoms with van der Waals surface area (Å²) in [5.41, 5.74) is 1.84. The first kappa shape index (κ1) is 19.3. The summed E-state index contributed by atoms with van der Waals surface area (Å²) in [7, 11) is 1.95. The second-order valence-corrected chi connectivity index (χ2v) is 8.51. The number of thioether (sulfide) groups is 1. The molecule has 2 unspecified atom stereocenters. The molecule has 0 aliphatic heterocycles. The van der Waals surface area contributed by atoms with E-state index in [2.05, 4.69) is 39.8 Å². The van der Waals surface area contributed by atoms with Crippen LogP contribution in [-0.4, -0.2) is 26.4 Å². The Hall–Kier alpha value is -2.02. The van der Waals surface area contributed by atoms with E-state index in [0.717, 1.165) is 17.4 Å². The highest BCUT2D eigenvalue weighted by atomic mass is 35.5. The molecule has 1 aliphatic rings. The van der Waals surface area contributed by atoms with E-state index in [0.29, 0.717) is 27.6 Å². The highest BCUT2D eigenvalue weighted by Gasteiger charge is 2.42. The van der Waals surface area contributed by atoms with Crippen molar-refractivity contribution in [1.29, 1.82) is 0 Å². The van der Waals surface area contributed by atoms with Crippen LogP contribution in [0.5, 0.6) is 0 Å². The summed E-state index contributed by atoms with van der Waals surface area (Å²) in [6, 6.07) is 15.4. The molecule has 1 saturated carbocycles. The van der Waals surface area contributed by atoms with Crippen molar-refractivity contribution >= 4 is 46.6 Å². The molecule has 1 heterocycles. The van der Waals surface area contributed by atoms with Crippen molar-refractivity contribution in [1.82, 2.24) is 14.8 Å². The van der Waals surface area contributed by atoms with Gasteiger partial charge in [-0.2, -0.15) is 0 Å². The zero-order chi connectivity index (χ0) is 19.7. The van der Waals surface area contributed by atoms with Crippen molar-refractivity contribution in [2.45, 2.75) is 23.4 Å². The van der Waals surface area contributed by atoms with Crippen molar-refractivity contribution in [3.63, 3.8) is 0 Å². The van der Waals surface area contributed by atoms with Crippen molar-refractivity contribution in [2.24, 2.45) is 7.05 Å². The van der Waals surface area contributed by atoms with E-state index in [-0.39, 0.29) is 11.7 Å². The molecule has 1 aliphatic carbocycles. The van der Waals surface area contributed by atoms with Gasteiger partial charge in [0.2, 0.25) is 5.91 Å². The van der Waals surface area contributed by atoms with Crippen LogP contribution in [0.15, 0.2) is 53.7 Å². The van der Waals surface area contributed by atoms with Crippen LogP contribution in [-0.2, 0) is 11.8 Å². The number of amides is 1. The molecule has 1 fully saturated rings. The molecule has 0 saturated heterocycles. The molecular formula is C20H18Cl2N4OS. The van der Waals surface area contributed by atoms with Gasteiger partial charge in [-0.3, -0.25) is 4.79 Å². The van der Waals surface area contributed by atoms with E-state index < -0.39 is 0 Å². The first-order chi connectivity index (χ1) is 13.5. The average molecular weight is 433 g/mol. The van der Waals surface area contributed by atoms with E-state index in [9.17, 15) is 4.79 Å². The molecule has 8 heteroatoms. The van der Waals surface area contributed by atoms with Crippen LogP contribution in [0, 0.1) is 0 Å². The number of carbonyl (C=O) groups excluding carboxylic acids is 1. The van der Waals surface area contributed by atoms with E-state index in [1.165, 1.54) is 17.3 Å². The van der Waals surface area contributed by atoms with Gasteiger partial charge in [0, 0.05) is 18.0 Å². The van der Waals surface area contributed by atoms with Crippen LogP contribution in [0.25, 0.3) is 0 Å². The molecule has 5 nitrogen and oxygen atoms in total. The Bertz CT molecular complexity index is 1010. The molecule has 1 amide bonds. The number of nitrogens with one attached hydrogen (secondary N) is 1. The Morgan fingerprint density at radius 1 is 1.18 bits per heavy atom. The van der Waals surface area contributed by atoms with Crippen LogP contribution in [0.1, 0.15) is 29.6 Å². The topological polar surface area (TPSA) is 59.8 Å². The Morgan fingerprint density at radius 2 is 1.96 bits per heavy atom. The Morgan fingerprint density at radius 3 is 2.75 bits per heavy atom. The molecule has 0 spiro atoms. The zero-order valence-corrected chi connectivity index (χ0v) is 17.4. The lowest BCUT2D eigenvalue weighted by Crippen LogP contribution is -2.14. The number of halogens is 2. The maximum absolute atomic E-state index is 12.3. The van der Waals surface area contributed by atoms with Crippen molar-refractivity contribution in [2.75, 3.05) is 11.1 Å². The molecular weight excluding hydrogens is 415 g/mol. The van der Waals surface area contributed by atoms with Crippen LogP contribution < -0.4 is 5.32 Å². The monoisotopic (exact) mass is 432 g/mol. The summed E-state index contributed by atoms with van der Waals surface area (Å²) in [4.78, 5) is 12.3. The molecule has 2 aromatic carbocycles. The third kappa shape index (κ3) is 4.19. The Labute approximate surface area is 177 Å². The van der Waals surface area contributed by atoms with E-state index >= 15 is 0 Å². The van der Waals surface area contributed by atoms with Crippen molar-refractivity contribution < 1.29 is 4.79 Å². The van der Waals surface area contributed by atoms with Gasteiger partial charge >= 0.3 is 0 Å². The van der Waals surface area contributed by atoms with Gasteiger partial charge in [-0.05, 0) is 36.1 Å². The Balaban J connectivity index is 1.36. The van der Waals surface area contributed by atoms with Crippen LogP contribution in [0.4, 0.5) is 5.69 Å². The fraction of sp³-hybridized carbons (Fsp3) is 0.250. The largest absolute Gasteiger partial charge is 0.324 e. The molecule has 3 aromatic rings.